The highest BCUT2D eigenvalue weighted by Gasteiger charge is 2.18. The van der Waals surface area contributed by atoms with E-state index in [-0.39, 0.29) is 5.56 Å². The first-order chi connectivity index (χ1) is 16.2. The number of benzene rings is 3. The van der Waals surface area contributed by atoms with Crippen molar-refractivity contribution in [1.29, 1.82) is 0 Å². The zero-order valence-electron chi connectivity index (χ0n) is 17.7. The van der Waals surface area contributed by atoms with Crippen LogP contribution in [0.25, 0.3) is 22.4 Å². The zero-order valence-corrected chi connectivity index (χ0v) is 19.4. The molecule has 166 valence electrons. The number of fused-ring (bicyclic) bond motifs is 3. The average Bonchev–Trinajstić information content (AvgIpc) is 3.28. The van der Waals surface area contributed by atoms with E-state index in [4.69, 9.17) is 4.74 Å². The number of hydrogen-bond acceptors (Lipinski definition) is 6. The lowest BCUT2D eigenvalue weighted by molar-refractivity contribution is 0.414. The smallest absolute Gasteiger partial charge is 0.267 e. The van der Waals surface area contributed by atoms with E-state index in [0.29, 0.717) is 39.3 Å². The van der Waals surface area contributed by atoms with Gasteiger partial charge in [-0.05, 0) is 36.4 Å². The molecule has 0 saturated heterocycles. The molecule has 0 saturated carbocycles. The molecule has 5 rings (SSSR count). The molecule has 1 unspecified atom stereocenters. The van der Waals surface area contributed by atoms with Crippen molar-refractivity contribution >= 4 is 39.2 Å². The van der Waals surface area contributed by atoms with Crippen molar-refractivity contribution in [2.75, 3.05) is 18.6 Å². The van der Waals surface area contributed by atoms with Gasteiger partial charge in [-0.3, -0.25) is 13.4 Å². The minimum atomic E-state index is -1.09. The lowest BCUT2D eigenvalue weighted by Gasteiger charge is -2.12. The maximum atomic E-state index is 13.4. The first-order valence-corrected chi connectivity index (χ1v) is 12.6. The molecule has 9 heteroatoms. The van der Waals surface area contributed by atoms with E-state index < -0.39 is 10.8 Å². The van der Waals surface area contributed by atoms with Gasteiger partial charge in [0.25, 0.3) is 5.56 Å². The molecule has 0 aliphatic carbocycles. The highest BCUT2D eigenvalue weighted by Crippen LogP contribution is 2.24. The van der Waals surface area contributed by atoms with Gasteiger partial charge in [-0.1, -0.05) is 48.2 Å². The highest BCUT2D eigenvalue weighted by molar-refractivity contribution is 8.00. The summed E-state index contributed by atoms with van der Waals surface area (Å²) < 4.78 is 21.4. The Morgan fingerprint density at radius 1 is 0.970 bits per heavy atom. The fourth-order valence-electron chi connectivity index (χ4n) is 3.65. The molecule has 0 fully saturated rings. The van der Waals surface area contributed by atoms with Gasteiger partial charge in [0.1, 0.15) is 5.75 Å². The van der Waals surface area contributed by atoms with Gasteiger partial charge < -0.3 is 4.74 Å². The quantitative estimate of drug-likeness (QED) is 0.331. The highest BCUT2D eigenvalue weighted by atomic mass is 32.2. The molecule has 1 atom stereocenters. The molecule has 0 amide bonds. The van der Waals surface area contributed by atoms with Crippen molar-refractivity contribution in [3.8, 4) is 11.4 Å². The fourth-order valence-corrected chi connectivity index (χ4v) is 5.88. The number of nitrogens with zero attached hydrogens (tertiary/aromatic N) is 4. The first-order valence-electron chi connectivity index (χ1n) is 10.3. The summed E-state index contributed by atoms with van der Waals surface area (Å²) in [5, 5.41) is 9.93. The van der Waals surface area contributed by atoms with Gasteiger partial charge in [0.15, 0.2) is 5.16 Å². The van der Waals surface area contributed by atoms with Crippen LogP contribution in [0.2, 0.25) is 0 Å². The summed E-state index contributed by atoms with van der Waals surface area (Å²) in [6.45, 7) is 0. The van der Waals surface area contributed by atoms with Crippen LogP contribution in [0.5, 0.6) is 5.75 Å². The van der Waals surface area contributed by atoms with Crippen molar-refractivity contribution in [3.05, 3.63) is 89.2 Å². The second kappa shape index (κ2) is 9.21. The van der Waals surface area contributed by atoms with Crippen LogP contribution in [0.4, 0.5) is 0 Å². The average molecular weight is 477 g/mol. The molecular weight excluding hydrogens is 456 g/mol. The third-order valence-corrected chi connectivity index (χ3v) is 7.77. The molecule has 0 aliphatic heterocycles. The summed E-state index contributed by atoms with van der Waals surface area (Å²) in [5.41, 5.74) is 1.19. The van der Waals surface area contributed by atoms with Crippen LogP contribution < -0.4 is 10.3 Å². The first kappa shape index (κ1) is 21.4. The van der Waals surface area contributed by atoms with Gasteiger partial charge in [-0.15, -0.1) is 10.2 Å². The Kier molecular flexibility index (Phi) is 5.97. The zero-order chi connectivity index (χ0) is 22.8. The van der Waals surface area contributed by atoms with E-state index >= 15 is 0 Å². The van der Waals surface area contributed by atoms with Crippen LogP contribution in [0.1, 0.15) is 0 Å². The molecule has 3 aromatic carbocycles. The topological polar surface area (TPSA) is 78.5 Å². The number of methoxy groups -OCH3 is 1. The molecule has 0 radical (unpaired) electrons. The molecule has 2 aromatic heterocycles. The van der Waals surface area contributed by atoms with Gasteiger partial charge in [-0.2, -0.15) is 0 Å². The maximum Gasteiger partial charge on any atom is 0.267 e. The van der Waals surface area contributed by atoms with E-state index in [1.165, 1.54) is 11.8 Å². The van der Waals surface area contributed by atoms with E-state index in [1.807, 2.05) is 71.1 Å². The fraction of sp³-hybridized carbons (Fsp3) is 0.125. The second-order valence-electron chi connectivity index (χ2n) is 7.19. The van der Waals surface area contributed by atoms with Crippen molar-refractivity contribution in [1.82, 2.24) is 19.2 Å². The molecule has 2 heterocycles. The van der Waals surface area contributed by atoms with Crippen LogP contribution in [-0.2, 0) is 10.8 Å². The molecular formula is C24H20N4O3S2. The van der Waals surface area contributed by atoms with Crippen molar-refractivity contribution < 1.29 is 8.95 Å². The van der Waals surface area contributed by atoms with E-state index in [2.05, 4.69) is 10.2 Å². The van der Waals surface area contributed by atoms with Crippen LogP contribution in [0.15, 0.2) is 93.7 Å². The predicted octanol–water partition coefficient (Wildman–Crippen LogP) is 3.94. The van der Waals surface area contributed by atoms with E-state index in [9.17, 15) is 9.00 Å². The molecule has 0 spiro atoms. The van der Waals surface area contributed by atoms with E-state index in [0.717, 1.165) is 10.4 Å². The molecule has 33 heavy (non-hydrogen) atoms. The van der Waals surface area contributed by atoms with E-state index in [1.54, 1.807) is 23.8 Å². The predicted molar refractivity (Wildman–Crippen MR) is 131 cm³/mol. The summed E-state index contributed by atoms with van der Waals surface area (Å²) in [6, 6.07) is 24.1. The maximum absolute atomic E-state index is 13.4. The lowest BCUT2D eigenvalue weighted by Crippen LogP contribution is -2.21. The lowest BCUT2D eigenvalue weighted by atomic mass is 10.2. The summed E-state index contributed by atoms with van der Waals surface area (Å²) in [5.74, 6) is 2.13. The van der Waals surface area contributed by atoms with Gasteiger partial charge in [-0.25, -0.2) is 4.57 Å². The Balaban J connectivity index is 1.57. The van der Waals surface area contributed by atoms with Gasteiger partial charge >= 0.3 is 0 Å². The standard InChI is InChI=1S/C24H20N4O3S2/c1-31-18-9-7-8-17(16-18)27-22(29)20-12-5-6-13-21(20)28-23(27)25-26-24(28)32-14-15-33(30)19-10-3-2-4-11-19/h2-13,16H,14-15H2,1H3. The minimum Gasteiger partial charge on any atom is -0.497 e. The largest absolute Gasteiger partial charge is 0.497 e. The van der Waals surface area contributed by atoms with Crippen LogP contribution in [-0.4, -0.2) is 42.0 Å². The molecule has 0 N–H and O–H groups in total. The normalized spacial score (nSPS) is 12.3. The van der Waals surface area contributed by atoms with Crippen molar-refractivity contribution in [2.24, 2.45) is 0 Å². The minimum absolute atomic E-state index is 0.180. The summed E-state index contributed by atoms with van der Waals surface area (Å²) in [4.78, 5) is 14.2. The number of rotatable bonds is 7. The number of para-hydroxylation sites is 1. The monoisotopic (exact) mass is 476 g/mol. The summed E-state index contributed by atoms with van der Waals surface area (Å²) in [6.07, 6.45) is 0. The number of ether oxygens (including phenoxy) is 1. The number of hydrogen-bond donors (Lipinski definition) is 0. The number of thioether (sulfide) groups is 1. The van der Waals surface area contributed by atoms with Crippen LogP contribution in [0, 0.1) is 0 Å². The van der Waals surface area contributed by atoms with Gasteiger partial charge in [0.2, 0.25) is 5.78 Å². The molecule has 5 aromatic rings. The Morgan fingerprint density at radius 2 is 1.76 bits per heavy atom. The second-order valence-corrected chi connectivity index (χ2v) is 9.82. The van der Waals surface area contributed by atoms with Crippen molar-refractivity contribution in [3.63, 3.8) is 0 Å². The van der Waals surface area contributed by atoms with Gasteiger partial charge in [0, 0.05) is 22.5 Å². The third-order valence-electron chi connectivity index (χ3n) is 5.21. The summed E-state index contributed by atoms with van der Waals surface area (Å²) in [7, 11) is 0.492. The Morgan fingerprint density at radius 3 is 2.58 bits per heavy atom. The number of aromatic nitrogens is 4. The van der Waals surface area contributed by atoms with Gasteiger partial charge in [0.05, 0.1) is 34.5 Å². The molecule has 0 bridgehead atoms. The third kappa shape index (κ3) is 4.05. The SMILES string of the molecule is COc1cccc(-n2c(=O)c3ccccc3n3c(SCCS(=O)c4ccccc4)nnc23)c1. The Labute approximate surface area is 196 Å². The Bertz CT molecular complexity index is 1530. The van der Waals surface area contributed by atoms with Crippen LogP contribution in [0.3, 0.4) is 0 Å². The summed E-state index contributed by atoms with van der Waals surface area (Å²) >= 11 is 1.47. The van der Waals surface area contributed by atoms with Crippen LogP contribution >= 0.6 is 11.8 Å². The Hall–Kier alpha value is -3.43. The van der Waals surface area contributed by atoms with Crippen molar-refractivity contribution in [2.45, 2.75) is 10.1 Å². The molecule has 7 nitrogen and oxygen atoms in total. The molecule has 0 aliphatic rings.